The number of carbonyl (C=O) groups is 2. The molecular formula is C67H129NO5. The predicted octanol–water partition coefficient (Wildman–Crippen LogP) is 21.0. The standard InChI is InChI=1S/C67H129NO5/c1-3-5-7-9-11-13-15-17-18-33-37-41-45-49-53-57-61-67(72)73-62-58-54-50-46-42-38-34-31-29-27-25-23-21-19-20-22-24-26-28-30-32-36-40-44-48-52-56-60-66(71)68-64(63-69)65(70)59-55-51-47-43-39-35-16-14-12-10-8-6-4-2/h19-20,23,25,64-65,69-70H,3-18,21-22,24,26-63H2,1-2H3,(H,68,71)/b20-19-,25-23-. The van der Waals surface area contributed by atoms with Crippen molar-refractivity contribution in [3.63, 3.8) is 0 Å². The molecule has 0 heterocycles. The highest BCUT2D eigenvalue weighted by Gasteiger charge is 2.20. The Balaban J connectivity index is 3.39. The largest absolute Gasteiger partial charge is 0.466 e. The number of aliphatic hydroxyl groups is 2. The van der Waals surface area contributed by atoms with Gasteiger partial charge in [-0.3, -0.25) is 9.59 Å². The van der Waals surface area contributed by atoms with Gasteiger partial charge in [0.2, 0.25) is 5.91 Å². The highest BCUT2D eigenvalue weighted by Crippen LogP contribution is 2.18. The molecule has 2 atom stereocenters. The first-order valence-corrected chi connectivity index (χ1v) is 33.1. The molecule has 0 saturated carbocycles. The number of hydrogen-bond acceptors (Lipinski definition) is 5. The molecule has 0 bridgehead atoms. The van der Waals surface area contributed by atoms with Gasteiger partial charge < -0.3 is 20.3 Å². The van der Waals surface area contributed by atoms with Gasteiger partial charge in [0.15, 0.2) is 0 Å². The Morgan fingerprint density at radius 2 is 0.685 bits per heavy atom. The van der Waals surface area contributed by atoms with Crippen LogP contribution in [0.3, 0.4) is 0 Å². The Hall–Kier alpha value is -1.66. The third kappa shape index (κ3) is 59.4. The molecule has 0 aromatic carbocycles. The second-order valence-corrected chi connectivity index (χ2v) is 22.8. The van der Waals surface area contributed by atoms with Crippen LogP contribution in [0.2, 0.25) is 0 Å². The number of hydrogen-bond donors (Lipinski definition) is 3. The van der Waals surface area contributed by atoms with E-state index in [1.54, 1.807) is 0 Å². The zero-order valence-electron chi connectivity index (χ0n) is 49.4. The van der Waals surface area contributed by atoms with Crippen LogP contribution >= 0.6 is 0 Å². The summed E-state index contributed by atoms with van der Waals surface area (Å²) in [4.78, 5) is 24.6. The van der Waals surface area contributed by atoms with Gasteiger partial charge in [0.1, 0.15) is 0 Å². The average Bonchev–Trinajstić information content (AvgIpc) is 3.39. The van der Waals surface area contributed by atoms with Crippen molar-refractivity contribution in [2.45, 2.75) is 379 Å². The lowest BCUT2D eigenvalue weighted by atomic mass is 10.0. The normalized spacial score (nSPS) is 12.7. The topological polar surface area (TPSA) is 95.9 Å². The van der Waals surface area contributed by atoms with E-state index >= 15 is 0 Å². The Bertz CT molecular complexity index is 1140. The van der Waals surface area contributed by atoms with E-state index in [0.717, 1.165) is 44.9 Å². The van der Waals surface area contributed by atoms with Crippen LogP contribution in [-0.2, 0) is 14.3 Å². The summed E-state index contributed by atoms with van der Waals surface area (Å²) in [6.07, 6.45) is 77.8. The molecule has 0 saturated heterocycles. The monoisotopic (exact) mass is 1030 g/mol. The predicted molar refractivity (Wildman–Crippen MR) is 320 cm³/mol. The van der Waals surface area contributed by atoms with Crippen molar-refractivity contribution in [3.05, 3.63) is 24.3 Å². The Morgan fingerprint density at radius 1 is 0.384 bits per heavy atom. The number of ether oxygens (including phenoxy) is 1. The van der Waals surface area contributed by atoms with Crippen molar-refractivity contribution in [3.8, 4) is 0 Å². The Kier molecular flexibility index (Phi) is 61.4. The third-order valence-electron chi connectivity index (χ3n) is 15.5. The van der Waals surface area contributed by atoms with Crippen LogP contribution in [0.25, 0.3) is 0 Å². The molecule has 1 amide bonds. The van der Waals surface area contributed by atoms with E-state index in [0.29, 0.717) is 25.9 Å². The number of aliphatic hydroxyl groups excluding tert-OH is 2. The SMILES string of the molecule is CCCCCCCCCCCCCCCCCCC(=O)OCCCCCCCCCCC/C=C\C/C=C\CCCCCCCCCCCCCC(=O)NC(CO)C(O)CCCCCCCCCCCCCCC. The number of unbranched alkanes of at least 4 members (excludes halogenated alkanes) is 47. The van der Waals surface area contributed by atoms with Gasteiger partial charge in [-0.2, -0.15) is 0 Å². The molecule has 3 N–H and O–H groups in total. The number of carbonyl (C=O) groups excluding carboxylic acids is 2. The lowest BCUT2D eigenvalue weighted by Crippen LogP contribution is -2.45. The molecule has 432 valence electrons. The molecule has 0 spiro atoms. The van der Waals surface area contributed by atoms with E-state index < -0.39 is 12.1 Å². The highest BCUT2D eigenvalue weighted by molar-refractivity contribution is 5.76. The fourth-order valence-corrected chi connectivity index (χ4v) is 10.4. The summed E-state index contributed by atoms with van der Waals surface area (Å²) < 4.78 is 5.49. The van der Waals surface area contributed by atoms with E-state index in [1.165, 1.54) is 289 Å². The van der Waals surface area contributed by atoms with Crippen molar-refractivity contribution in [1.82, 2.24) is 5.32 Å². The number of esters is 1. The minimum atomic E-state index is -0.665. The number of rotatable bonds is 62. The fourth-order valence-electron chi connectivity index (χ4n) is 10.4. The maximum atomic E-state index is 12.5. The molecular weight excluding hydrogens is 899 g/mol. The summed E-state index contributed by atoms with van der Waals surface area (Å²) in [6.45, 7) is 4.97. The molecule has 6 heteroatoms. The van der Waals surface area contributed by atoms with Crippen LogP contribution in [0.15, 0.2) is 24.3 Å². The Labute approximate surface area is 456 Å². The van der Waals surface area contributed by atoms with Crippen LogP contribution in [-0.4, -0.2) is 47.4 Å². The van der Waals surface area contributed by atoms with Crippen LogP contribution in [0.5, 0.6) is 0 Å². The van der Waals surface area contributed by atoms with Crippen molar-refractivity contribution in [2.75, 3.05) is 13.2 Å². The number of nitrogens with one attached hydrogen (secondary N) is 1. The first-order valence-electron chi connectivity index (χ1n) is 33.1. The van der Waals surface area contributed by atoms with Gasteiger partial charge in [-0.1, -0.05) is 321 Å². The van der Waals surface area contributed by atoms with Gasteiger partial charge in [0.05, 0.1) is 25.4 Å². The lowest BCUT2D eigenvalue weighted by Gasteiger charge is -2.22. The zero-order chi connectivity index (χ0) is 52.9. The lowest BCUT2D eigenvalue weighted by molar-refractivity contribution is -0.143. The second kappa shape index (κ2) is 62.9. The van der Waals surface area contributed by atoms with Gasteiger partial charge in [-0.05, 0) is 57.8 Å². The quantitative estimate of drug-likeness (QED) is 0.0320. The molecule has 0 aliphatic carbocycles. The van der Waals surface area contributed by atoms with E-state index in [4.69, 9.17) is 4.74 Å². The van der Waals surface area contributed by atoms with E-state index in [1.807, 2.05) is 0 Å². The maximum absolute atomic E-state index is 12.5. The van der Waals surface area contributed by atoms with E-state index in [9.17, 15) is 19.8 Å². The summed E-state index contributed by atoms with van der Waals surface area (Å²) in [5, 5.41) is 23.3. The van der Waals surface area contributed by atoms with Crippen molar-refractivity contribution in [1.29, 1.82) is 0 Å². The average molecular weight is 1030 g/mol. The van der Waals surface area contributed by atoms with Gasteiger partial charge in [0, 0.05) is 12.8 Å². The van der Waals surface area contributed by atoms with Gasteiger partial charge in [-0.15, -0.1) is 0 Å². The first-order chi connectivity index (χ1) is 36.0. The molecule has 6 nitrogen and oxygen atoms in total. The van der Waals surface area contributed by atoms with Crippen molar-refractivity contribution < 1.29 is 24.5 Å². The van der Waals surface area contributed by atoms with Crippen LogP contribution < -0.4 is 5.32 Å². The second-order valence-electron chi connectivity index (χ2n) is 22.8. The summed E-state index contributed by atoms with van der Waals surface area (Å²) >= 11 is 0. The summed E-state index contributed by atoms with van der Waals surface area (Å²) in [5.41, 5.74) is 0. The van der Waals surface area contributed by atoms with E-state index in [-0.39, 0.29) is 18.5 Å². The Morgan fingerprint density at radius 3 is 1.04 bits per heavy atom. The van der Waals surface area contributed by atoms with Crippen LogP contribution in [0.4, 0.5) is 0 Å². The minimum absolute atomic E-state index is 0.0146. The molecule has 0 aromatic heterocycles. The van der Waals surface area contributed by atoms with E-state index in [2.05, 4.69) is 43.5 Å². The maximum Gasteiger partial charge on any atom is 0.305 e. The molecule has 0 rings (SSSR count). The van der Waals surface area contributed by atoms with Gasteiger partial charge >= 0.3 is 5.97 Å². The van der Waals surface area contributed by atoms with Gasteiger partial charge in [-0.25, -0.2) is 0 Å². The molecule has 0 fully saturated rings. The summed E-state index contributed by atoms with van der Waals surface area (Å²) in [7, 11) is 0. The first kappa shape index (κ1) is 71.3. The van der Waals surface area contributed by atoms with Crippen LogP contribution in [0, 0.1) is 0 Å². The summed E-state index contributed by atoms with van der Waals surface area (Å²) in [6, 6.07) is -0.543. The minimum Gasteiger partial charge on any atom is -0.466 e. The molecule has 73 heavy (non-hydrogen) atoms. The number of amides is 1. The number of allylic oxidation sites excluding steroid dienone is 4. The summed E-state index contributed by atoms with van der Waals surface area (Å²) in [5.74, 6) is -0.0221. The molecule has 0 aromatic rings. The van der Waals surface area contributed by atoms with Crippen molar-refractivity contribution in [2.24, 2.45) is 0 Å². The molecule has 2 unspecified atom stereocenters. The molecule has 0 aliphatic rings. The fraction of sp³-hybridized carbons (Fsp3) is 0.910. The molecule has 0 radical (unpaired) electrons. The smallest absolute Gasteiger partial charge is 0.305 e. The van der Waals surface area contributed by atoms with Gasteiger partial charge in [0.25, 0.3) is 0 Å². The zero-order valence-corrected chi connectivity index (χ0v) is 49.4. The third-order valence-corrected chi connectivity index (χ3v) is 15.5. The molecule has 0 aliphatic heterocycles. The van der Waals surface area contributed by atoms with Crippen molar-refractivity contribution >= 4 is 11.9 Å². The highest BCUT2D eigenvalue weighted by atomic mass is 16.5. The van der Waals surface area contributed by atoms with Crippen LogP contribution in [0.1, 0.15) is 367 Å².